The molecule has 0 fully saturated rings. The Labute approximate surface area is 94.6 Å². The van der Waals surface area contributed by atoms with Gasteiger partial charge in [-0.25, -0.2) is 0 Å². The second-order valence-corrected chi connectivity index (χ2v) is 6.74. The van der Waals surface area contributed by atoms with Crippen molar-refractivity contribution in [3.8, 4) is 0 Å². The number of hydrogen-bond acceptors (Lipinski definition) is 2. The zero-order valence-electron chi connectivity index (χ0n) is 7.57. The molecule has 0 bridgehead atoms. The molecule has 0 spiro atoms. The summed E-state index contributed by atoms with van der Waals surface area (Å²) in [6.45, 7) is 0. The van der Waals surface area contributed by atoms with Crippen molar-refractivity contribution in [1.82, 2.24) is 0 Å². The van der Waals surface area contributed by atoms with Crippen LogP contribution in [-0.2, 0) is 9.74 Å². The monoisotopic (exact) mass is 332 g/mol. The van der Waals surface area contributed by atoms with Crippen molar-refractivity contribution < 1.29 is 52.5 Å². The molecule has 14 heteroatoms. The first kappa shape index (κ1) is 17.7. The van der Waals surface area contributed by atoms with Crippen LogP contribution < -0.4 is 0 Å². The Bertz CT molecular complexity index is 412. The number of rotatable bonds is 4. The number of hydrogen-bond donors (Lipinski definition) is 1. The molecule has 0 aliphatic heterocycles. The molecule has 3 nitrogen and oxygen atoms in total. The van der Waals surface area contributed by atoms with Gasteiger partial charge in [0.15, 0.2) is 0 Å². The van der Waals surface area contributed by atoms with Gasteiger partial charge in [0, 0.05) is 0 Å². The summed E-state index contributed by atoms with van der Waals surface area (Å²) < 4.78 is 136. The second kappa shape index (κ2) is 4.37. The predicted molar refractivity (Wildman–Crippen MR) is 40.8 cm³/mol. The molecule has 0 amide bonds. The van der Waals surface area contributed by atoms with E-state index in [9.17, 15) is 47.9 Å². The fraction of sp³-hybridized carbons (Fsp3) is 1.00. The van der Waals surface area contributed by atoms with Crippen molar-refractivity contribution in [2.75, 3.05) is 0 Å². The number of halogens is 9. The van der Waals surface area contributed by atoms with E-state index in [4.69, 9.17) is 4.55 Å². The van der Waals surface area contributed by atoms with Gasteiger partial charge in [0.1, 0.15) is 7.78 Å². The Morgan fingerprint density at radius 3 is 1.33 bits per heavy atom. The van der Waals surface area contributed by atoms with Gasteiger partial charge in [0.05, 0.1) is 0 Å². The Morgan fingerprint density at radius 2 is 1.11 bits per heavy atom. The minimum atomic E-state index is -7.17. The Balaban J connectivity index is 5.64. The van der Waals surface area contributed by atoms with Crippen molar-refractivity contribution in [2.24, 2.45) is 0 Å². The van der Waals surface area contributed by atoms with Gasteiger partial charge in [0.25, 0.3) is 9.74 Å². The third-order valence-corrected chi connectivity index (χ3v) is 3.77. The maximum Gasteiger partial charge on any atom is 0.460 e. The van der Waals surface area contributed by atoms with Crippen molar-refractivity contribution in [1.29, 1.82) is 0 Å². The molecule has 0 saturated heterocycles. The van der Waals surface area contributed by atoms with Gasteiger partial charge in [-0.1, -0.05) is 0 Å². The Hall–Kier alpha value is -0.290. The van der Waals surface area contributed by atoms with Crippen LogP contribution in [-0.4, -0.2) is 36.7 Å². The molecular formula is C4H2F9O3PS. The summed E-state index contributed by atoms with van der Waals surface area (Å²) in [6.07, 6.45) is -7.02. The molecule has 0 saturated carbocycles. The molecule has 0 heterocycles. The first-order valence-electron chi connectivity index (χ1n) is 3.42. The lowest BCUT2D eigenvalue weighted by Gasteiger charge is -2.32. The van der Waals surface area contributed by atoms with E-state index in [0.717, 1.165) is 0 Å². The lowest BCUT2D eigenvalue weighted by Crippen LogP contribution is -2.59. The van der Waals surface area contributed by atoms with Gasteiger partial charge in [-0.3, -0.25) is 4.55 Å². The zero-order chi connectivity index (χ0) is 15.2. The van der Waals surface area contributed by atoms with Crippen LogP contribution >= 0.6 is 7.78 Å². The first-order chi connectivity index (χ1) is 7.46. The van der Waals surface area contributed by atoms with E-state index in [1.165, 1.54) is 0 Å². The molecule has 0 aromatic heterocycles. The summed E-state index contributed by atoms with van der Waals surface area (Å²) in [7, 11) is -9.44. The van der Waals surface area contributed by atoms with Crippen LogP contribution in [0.3, 0.4) is 0 Å². The summed E-state index contributed by atoms with van der Waals surface area (Å²) in [6, 6.07) is 0. The fourth-order valence-corrected chi connectivity index (χ4v) is 2.57. The Kier molecular flexibility index (Phi) is 4.30. The molecular weight excluding hydrogens is 330 g/mol. The van der Waals surface area contributed by atoms with Crippen LogP contribution in [0.25, 0.3) is 0 Å². The van der Waals surface area contributed by atoms with E-state index >= 15 is 0 Å². The minimum Gasteiger partial charge on any atom is -0.283 e. The number of alkyl halides is 9. The summed E-state index contributed by atoms with van der Waals surface area (Å²) in [5.41, 5.74) is -6.29. The average molecular weight is 332 g/mol. The summed E-state index contributed by atoms with van der Waals surface area (Å²) in [5, 5.41) is 0. The molecule has 1 unspecified atom stereocenters. The molecule has 0 aliphatic carbocycles. The highest BCUT2D eigenvalue weighted by Crippen LogP contribution is 2.59. The van der Waals surface area contributed by atoms with Crippen molar-refractivity contribution in [2.45, 2.75) is 23.7 Å². The maximum absolute atomic E-state index is 12.5. The molecule has 0 aromatic rings. The highest BCUT2D eigenvalue weighted by atomic mass is 32.8. The van der Waals surface area contributed by atoms with Crippen LogP contribution in [0.1, 0.15) is 0 Å². The molecule has 110 valence electrons. The summed E-state index contributed by atoms with van der Waals surface area (Å²) in [5.74, 6) is -14.2. The van der Waals surface area contributed by atoms with Gasteiger partial charge in [-0.2, -0.15) is 47.9 Å². The molecule has 0 rings (SSSR count). The van der Waals surface area contributed by atoms with Crippen LogP contribution in [0.4, 0.5) is 39.5 Å². The van der Waals surface area contributed by atoms with Crippen LogP contribution in [0.5, 0.6) is 0 Å². The predicted octanol–water partition coefficient (Wildman–Crippen LogP) is 2.89. The van der Waals surface area contributed by atoms with E-state index in [-0.39, 0.29) is 0 Å². The van der Waals surface area contributed by atoms with Gasteiger partial charge >= 0.3 is 23.7 Å². The average Bonchev–Trinajstić information content (AvgIpc) is 1.95. The van der Waals surface area contributed by atoms with E-state index < -0.39 is 41.2 Å². The van der Waals surface area contributed by atoms with Crippen molar-refractivity contribution >= 4 is 17.5 Å². The normalized spacial score (nSPS) is 16.6. The van der Waals surface area contributed by atoms with Gasteiger partial charge in [-0.05, 0) is 0 Å². The highest BCUT2D eigenvalue weighted by molar-refractivity contribution is 8.40. The standard InChI is InChI=1S/C4H2F9O3PS/c5-1(6,3(9,10)11)2(7,8)4(12,13)17-18(14,15)16/h17H,(H,14,15,16). The van der Waals surface area contributed by atoms with E-state index in [2.05, 4.69) is 0 Å². The zero-order valence-corrected chi connectivity index (χ0v) is 9.39. The maximum atomic E-state index is 12.5. The lowest BCUT2D eigenvalue weighted by atomic mass is 10.1. The highest BCUT2D eigenvalue weighted by Gasteiger charge is 2.82. The molecule has 0 radical (unpaired) electrons. The topological polar surface area (TPSA) is 54.4 Å². The van der Waals surface area contributed by atoms with E-state index in [0.29, 0.717) is 0 Å². The van der Waals surface area contributed by atoms with Crippen LogP contribution in [0.2, 0.25) is 0 Å². The largest absolute Gasteiger partial charge is 0.460 e. The second-order valence-electron chi connectivity index (χ2n) is 2.80. The summed E-state index contributed by atoms with van der Waals surface area (Å²) in [4.78, 5) is 0. The van der Waals surface area contributed by atoms with Gasteiger partial charge in [0.2, 0.25) is 0 Å². The SMILES string of the molecule is O=S(=O)(O)PC(F)(F)C(F)(F)C(F)(F)C(F)(F)F. The van der Waals surface area contributed by atoms with Gasteiger partial charge in [-0.15, -0.1) is 0 Å². The van der Waals surface area contributed by atoms with Crippen molar-refractivity contribution in [3.63, 3.8) is 0 Å². The van der Waals surface area contributed by atoms with E-state index in [1.54, 1.807) is 0 Å². The third-order valence-electron chi connectivity index (χ3n) is 1.40. The smallest absolute Gasteiger partial charge is 0.283 e. The fourth-order valence-electron chi connectivity index (χ4n) is 0.601. The van der Waals surface area contributed by atoms with Crippen LogP contribution in [0.15, 0.2) is 0 Å². The van der Waals surface area contributed by atoms with Crippen molar-refractivity contribution in [3.05, 3.63) is 0 Å². The molecule has 0 aliphatic rings. The Morgan fingerprint density at radius 1 is 0.778 bits per heavy atom. The molecule has 1 N–H and O–H groups in total. The molecule has 1 atom stereocenters. The minimum absolute atomic E-state index is 3.56. The lowest BCUT2D eigenvalue weighted by molar-refractivity contribution is -0.381. The first-order valence-corrected chi connectivity index (χ1v) is 6.59. The van der Waals surface area contributed by atoms with E-state index in [1.807, 2.05) is 0 Å². The molecule has 0 aromatic carbocycles. The van der Waals surface area contributed by atoms with Gasteiger partial charge < -0.3 is 0 Å². The summed E-state index contributed by atoms with van der Waals surface area (Å²) >= 11 is 0. The molecule has 18 heavy (non-hydrogen) atoms. The third kappa shape index (κ3) is 3.18. The van der Waals surface area contributed by atoms with Crippen LogP contribution in [0, 0.1) is 0 Å². The quantitative estimate of drug-likeness (QED) is 0.489.